The molecule has 2 nitrogen and oxygen atoms in total. The van der Waals surface area contributed by atoms with Gasteiger partial charge in [-0.25, -0.2) is 0 Å². The van der Waals surface area contributed by atoms with Gasteiger partial charge in [-0.2, -0.15) is 0 Å². The van der Waals surface area contributed by atoms with Crippen molar-refractivity contribution < 1.29 is 9.90 Å². The average molecular weight is 431 g/mol. The average Bonchev–Trinajstić information content (AvgIpc) is 2.78. The molecule has 0 spiro atoms. The van der Waals surface area contributed by atoms with Crippen LogP contribution >= 0.6 is 0 Å². The van der Waals surface area contributed by atoms with Gasteiger partial charge in [0.1, 0.15) is 0 Å². The molecular weight excluding hydrogens is 380 g/mol. The fraction of sp³-hybridized carbons (Fsp3) is 0.759. The lowest BCUT2D eigenvalue weighted by atomic mass is 9.73. The predicted molar refractivity (Wildman–Crippen MR) is 135 cm³/mol. The molecule has 0 aromatic heterocycles. The van der Waals surface area contributed by atoms with E-state index in [4.69, 9.17) is 0 Å². The van der Waals surface area contributed by atoms with Crippen LogP contribution in [0.2, 0.25) is 0 Å². The molecule has 2 unspecified atom stereocenters. The first-order valence-corrected chi connectivity index (χ1v) is 13.3. The lowest BCUT2D eigenvalue weighted by Crippen LogP contribution is -2.34. The van der Waals surface area contributed by atoms with Crippen molar-refractivity contribution in [2.45, 2.75) is 135 Å². The SMILES string of the molecule is CCCCCCCCCCC(CCCCCCCC)CC(C)(C(=O)O)c1ccccc1. The Hall–Kier alpha value is -1.31. The molecule has 2 heteroatoms. The number of unbranched alkanes of at least 4 members (excludes halogenated alkanes) is 12. The van der Waals surface area contributed by atoms with E-state index >= 15 is 0 Å². The molecule has 0 radical (unpaired) electrons. The van der Waals surface area contributed by atoms with Gasteiger partial charge in [-0.1, -0.05) is 147 Å². The fourth-order valence-corrected chi connectivity index (χ4v) is 4.84. The first kappa shape index (κ1) is 27.7. The molecule has 0 amide bonds. The number of carboxylic acid groups (broad SMARTS) is 1. The summed E-state index contributed by atoms with van der Waals surface area (Å²) in [5, 5.41) is 10.1. The van der Waals surface area contributed by atoms with Crippen molar-refractivity contribution in [2.75, 3.05) is 0 Å². The predicted octanol–water partition coefficient (Wildman–Crippen LogP) is 9.32. The molecule has 0 heterocycles. The van der Waals surface area contributed by atoms with Crippen LogP contribution in [0.5, 0.6) is 0 Å². The maximum Gasteiger partial charge on any atom is 0.313 e. The maximum absolute atomic E-state index is 12.3. The number of carboxylic acids is 1. The van der Waals surface area contributed by atoms with Crippen molar-refractivity contribution in [1.82, 2.24) is 0 Å². The zero-order chi connectivity index (χ0) is 22.8. The van der Waals surface area contributed by atoms with Crippen LogP contribution in [-0.2, 0) is 10.2 Å². The first-order valence-electron chi connectivity index (χ1n) is 13.3. The third-order valence-corrected chi connectivity index (χ3v) is 7.01. The van der Waals surface area contributed by atoms with Crippen LogP contribution in [0.1, 0.15) is 135 Å². The number of hydrogen-bond acceptors (Lipinski definition) is 1. The van der Waals surface area contributed by atoms with Gasteiger partial charge in [-0.3, -0.25) is 4.79 Å². The minimum atomic E-state index is -0.783. The molecule has 0 aliphatic heterocycles. The summed E-state index contributed by atoms with van der Waals surface area (Å²) in [7, 11) is 0. The van der Waals surface area contributed by atoms with E-state index in [0.29, 0.717) is 5.92 Å². The van der Waals surface area contributed by atoms with Crippen molar-refractivity contribution in [3.05, 3.63) is 35.9 Å². The summed E-state index contributed by atoms with van der Waals surface area (Å²) in [5.74, 6) is -0.171. The number of rotatable bonds is 20. The molecule has 0 bridgehead atoms. The van der Waals surface area contributed by atoms with Gasteiger partial charge in [-0.05, 0) is 24.8 Å². The van der Waals surface area contributed by atoms with Gasteiger partial charge in [0.05, 0.1) is 5.41 Å². The molecule has 1 aromatic rings. The highest BCUT2D eigenvalue weighted by atomic mass is 16.4. The lowest BCUT2D eigenvalue weighted by Gasteiger charge is -2.30. The van der Waals surface area contributed by atoms with Gasteiger partial charge in [0.2, 0.25) is 0 Å². The first-order chi connectivity index (χ1) is 15.0. The number of aliphatic carboxylic acids is 1. The summed E-state index contributed by atoms with van der Waals surface area (Å²) in [6, 6.07) is 9.90. The fourth-order valence-electron chi connectivity index (χ4n) is 4.84. The van der Waals surface area contributed by atoms with Crippen LogP contribution in [-0.4, -0.2) is 11.1 Å². The Morgan fingerprint density at radius 1 is 0.742 bits per heavy atom. The van der Waals surface area contributed by atoms with E-state index in [1.807, 2.05) is 37.3 Å². The molecule has 1 N–H and O–H groups in total. The van der Waals surface area contributed by atoms with Crippen LogP contribution < -0.4 is 0 Å². The minimum absolute atomic E-state index is 0.507. The Balaban J connectivity index is 2.58. The minimum Gasteiger partial charge on any atom is -0.481 e. The van der Waals surface area contributed by atoms with Crippen molar-refractivity contribution in [2.24, 2.45) is 5.92 Å². The smallest absolute Gasteiger partial charge is 0.313 e. The summed E-state index contributed by atoms with van der Waals surface area (Å²) < 4.78 is 0. The zero-order valence-corrected chi connectivity index (χ0v) is 20.8. The summed E-state index contributed by atoms with van der Waals surface area (Å²) in [5.41, 5.74) is 0.167. The van der Waals surface area contributed by atoms with Crippen LogP contribution in [0.15, 0.2) is 30.3 Å². The highest BCUT2D eigenvalue weighted by Crippen LogP contribution is 2.35. The van der Waals surface area contributed by atoms with Gasteiger partial charge < -0.3 is 5.11 Å². The van der Waals surface area contributed by atoms with Crippen molar-refractivity contribution >= 4 is 5.97 Å². The van der Waals surface area contributed by atoms with Crippen molar-refractivity contribution in [3.8, 4) is 0 Å². The van der Waals surface area contributed by atoms with E-state index in [9.17, 15) is 9.90 Å². The maximum atomic E-state index is 12.3. The van der Waals surface area contributed by atoms with Crippen LogP contribution in [0.4, 0.5) is 0 Å². The Kier molecular flexibility index (Phi) is 15.4. The Bertz CT molecular complexity index is 553. The Labute approximate surface area is 193 Å². The van der Waals surface area contributed by atoms with Crippen molar-refractivity contribution in [3.63, 3.8) is 0 Å². The molecule has 0 saturated heterocycles. The van der Waals surface area contributed by atoms with Gasteiger partial charge in [0, 0.05) is 0 Å². The Morgan fingerprint density at radius 2 is 1.16 bits per heavy atom. The molecule has 2 atom stereocenters. The molecule has 0 saturated carbocycles. The van der Waals surface area contributed by atoms with E-state index in [1.165, 1.54) is 103 Å². The van der Waals surface area contributed by atoms with Crippen molar-refractivity contribution in [1.29, 1.82) is 0 Å². The second-order valence-corrected chi connectivity index (χ2v) is 9.89. The quantitative estimate of drug-likeness (QED) is 0.209. The van der Waals surface area contributed by atoms with E-state index in [1.54, 1.807) is 0 Å². The largest absolute Gasteiger partial charge is 0.481 e. The van der Waals surface area contributed by atoms with Crippen LogP contribution in [0.3, 0.4) is 0 Å². The molecule has 0 aliphatic rings. The number of benzene rings is 1. The summed E-state index contributed by atoms with van der Waals surface area (Å²) in [4.78, 5) is 12.3. The van der Waals surface area contributed by atoms with Gasteiger partial charge in [0.15, 0.2) is 0 Å². The van der Waals surface area contributed by atoms with E-state index in [-0.39, 0.29) is 0 Å². The second kappa shape index (κ2) is 17.3. The molecular formula is C29H50O2. The van der Waals surface area contributed by atoms with E-state index in [2.05, 4.69) is 13.8 Å². The monoisotopic (exact) mass is 430 g/mol. The summed E-state index contributed by atoms with van der Waals surface area (Å²) >= 11 is 0. The summed E-state index contributed by atoms with van der Waals surface area (Å²) in [6.45, 7) is 6.47. The number of hydrogen-bond donors (Lipinski definition) is 1. The van der Waals surface area contributed by atoms with Crippen LogP contribution in [0.25, 0.3) is 0 Å². The molecule has 1 aromatic carbocycles. The van der Waals surface area contributed by atoms with Gasteiger partial charge >= 0.3 is 5.97 Å². The normalized spacial score (nSPS) is 14.3. The van der Waals surface area contributed by atoms with E-state index in [0.717, 1.165) is 12.0 Å². The molecule has 0 fully saturated rings. The Morgan fingerprint density at radius 3 is 1.58 bits per heavy atom. The van der Waals surface area contributed by atoms with E-state index < -0.39 is 11.4 Å². The zero-order valence-electron chi connectivity index (χ0n) is 20.8. The van der Waals surface area contributed by atoms with Crippen LogP contribution in [0, 0.1) is 5.92 Å². The van der Waals surface area contributed by atoms with Gasteiger partial charge in [0.25, 0.3) is 0 Å². The standard InChI is InChI=1S/C29H50O2/c1-4-6-8-10-12-13-15-18-22-26(21-17-14-11-9-7-5-2)25-29(3,28(30)31)27-23-19-16-20-24-27/h16,19-20,23-24,26H,4-15,17-18,21-22,25H2,1-3H3,(H,30,31). The van der Waals surface area contributed by atoms with Gasteiger partial charge in [-0.15, -0.1) is 0 Å². The lowest BCUT2D eigenvalue weighted by molar-refractivity contribution is -0.144. The number of carbonyl (C=O) groups is 1. The molecule has 31 heavy (non-hydrogen) atoms. The molecule has 178 valence electrons. The summed E-state index contributed by atoms with van der Waals surface area (Å²) in [6.07, 6.45) is 21.6. The third kappa shape index (κ3) is 11.8. The topological polar surface area (TPSA) is 37.3 Å². The second-order valence-electron chi connectivity index (χ2n) is 9.89. The highest BCUT2D eigenvalue weighted by molar-refractivity contribution is 5.80. The third-order valence-electron chi connectivity index (χ3n) is 7.01. The highest BCUT2D eigenvalue weighted by Gasteiger charge is 2.37. The molecule has 1 rings (SSSR count). The molecule has 0 aliphatic carbocycles.